The van der Waals surface area contributed by atoms with E-state index in [-0.39, 0.29) is 11.8 Å². The Kier molecular flexibility index (Phi) is 7.66. The molecule has 0 radical (unpaired) electrons. The van der Waals surface area contributed by atoms with Crippen LogP contribution in [0.1, 0.15) is 42.1 Å². The summed E-state index contributed by atoms with van der Waals surface area (Å²) in [4.78, 5) is 29.6. The highest BCUT2D eigenvalue weighted by atomic mass is 16.2. The van der Waals surface area contributed by atoms with E-state index in [1.807, 2.05) is 67.3 Å². The number of rotatable bonds is 7. The van der Waals surface area contributed by atoms with E-state index >= 15 is 0 Å². The second-order valence-corrected chi connectivity index (χ2v) is 7.61. The van der Waals surface area contributed by atoms with E-state index < -0.39 is 0 Å². The molecule has 0 aliphatic carbocycles. The lowest BCUT2D eigenvalue weighted by Crippen LogP contribution is -2.48. The van der Waals surface area contributed by atoms with Gasteiger partial charge < -0.3 is 15.1 Å². The van der Waals surface area contributed by atoms with E-state index in [9.17, 15) is 9.59 Å². The number of hydrogen-bond acceptors (Lipinski definition) is 3. The number of amides is 2. The maximum atomic E-state index is 12.7. The summed E-state index contributed by atoms with van der Waals surface area (Å²) in [6, 6.07) is 17.9. The third-order valence-corrected chi connectivity index (χ3v) is 5.48. The molecule has 2 amide bonds. The van der Waals surface area contributed by atoms with Crippen LogP contribution in [0.25, 0.3) is 0 Å². The van der Waals surface area contributed by atoms with Crippen molar-refractivity contribution >= 4 is 17.5 Å². The predicted molar refractivity (Wildman–Crippen MR) is 121 cm³/mol. The number of benzene rings is 2. The fourth-order valence-electron chi connectivity index (χ4n) is 3.76. The molecule has 30 heavy (non-hydrogen) atoms. The Morgan fingerprint density at radius 1 is 0.933 bits per heavy atom. The molecule has 0 aromatic heterocycles. The summed E-state index contributed by atoms with van der Waals surface area (Å²) in [6.07, 6.45) is 3.76. The Balaban J connectivity index is 1.50. The van der Waals surface area contributed by atoms with E-state index in [4.69, 9.17) is 0 Å². The van der Waals surface area contributed by atoms with Crippen LogP contribution in [0.15, 0.2) is 66.4 Å². The summed E-state index contributed by atoms with van der Waals surface area (Å²) in [5.74, 6) is 0.0339. The van der Waals surface area contributed by atoms with Crippen LogP contribution in [0.4, 0.5) is 5.69 Å². The molecule has 5 heteroatoms. The van der Waals surface area contributed by atoms with Gasteiger partial charge in [-0.05, 0) is 43.5 Å². The van der Waals surface area contributed by atoms with Crippen molar-refractivity contribution in [3.8, 4) is 0 Å². The van der Waals surface area contributed by atoms with Crippen LogP contribution in [0.3, 0.4) is 0 Å². The van der Waals surface area contributed by atoms with Crippen molar-refractivity contribution in [3.05, 3.63) is 77.5 Å². The molecule has 0 atom stereocenters. The average Bonchev–Trinajstić information content (AvgIpc) is 2.78. The number of allylic oxidation sites excluding steroid dienone is 2. The zero-order chi connectivity index (χ0) is 21.3. The van der Waals surface area contributed by atoms with Gasteiger partial charge in [0.25, 0.3) is 5.91 Å². The number of carbonyl (C=O) groups is 2. The first-order chi connectivity index (χ1) is 14.6. The van der Waals surface area contributed by atoms with Crippen LogP contribution >= 0.6 is 0 Å². The van der Waals surface area contributed by atoms with Crippen LogP contribution in [0, 0.1) is 6.92 Å². The second-order valence-electron chi connectivity index (χ2n) is 7.61. The maximum Gasteiger partial charge on any atom is 0.255 e. The molecule has 3 rings (SSSR count). The van der Waals surface area contributed by atoms with Crippen LogP contribution in [0.2, 0.25) is 0 Å². The van der Waals surface area contributed by atoms with Gasteiger partial charge in [0.15, 0.2) is 0 Å². The minimum Gasteiger partial charge on any atom is -0.368 e. The molecule has 1 aliphatic rings. The Morgan fingerprint density at radius 3 is 2.27 bits per heavy atom. The fourth-order valence-corrected chi connectivity index (χ4v) is 3.76. The minimum atomic E-state index is -0.114. The molecule has 0 unspecified atom stereocenters. The summed E-state index contributed by atoms with van der Waals surface area (Å²) in [7, 11) is 0. The number of nitrogens with zero attached hydrogens (tertiary/aromatic N) is 2. The highest BCUT2D eigenvalue weighted by Crippen LogP contribution is 2.17. The third kappa shape index (κ3) is 5.72. The number of hydrogen-bond donors (Lipinski definition) is 1. The largest absolute Gasteiger partial charge is 0.368 e. The molecule has 158 valence electrons. The molecule has 0 spiro atoms. The number of piperazine rings is 1. The van der Waals surface area contributed by atoms with Crippen molar-refractivity contribution in [3.63, 3.8) is 0 Å². The number of nitrogens with one attached hydrogen (secondary N) is 1. The van der Waals surface area contributed by atoms with E-state index in [0.29, 0.717) is 18.4 Å². The summed E-state index contributed by atoms with van der Waals surface area (Å²) >= 11 is 0. The van der Waals surface area contributed by atoms with Gasteiger partial charge in [-0.3, -0.25) is 9.59 Å². The topological polar surface area (TPSA) is 52.7 Å². The number of aryl methyl sites for hydroxylation is 1. The molecule has 2 aromatic rings. The first kappa shape index (κ1) is 21.6. The van der Waals surface area contributed by atoms with Crippen molar-refractivity contribution in [2.75, 3.05) is 31.1 Å². The lowest BCUT2D eigenvalue weighted by Gasteiger charge is -2.36. The first-order valence-corrected chi connectivity index (χ1v) is 10.7. The van der Waals surface area contributed by atoms with Gasteiger partial charge in [0.05, 0.1) is 0 Å². The molecule has 5 nitrogen and oxygen atoms in total. The molecular formula is C25H31N3O2. The van der Waals surface area contributed by atoms with Gasteiger partial charge in [-0.2, -0.15) is 0 Å². The molecular weight excluding hydrogens is 374 g/mol. The van der Waals surface area contributed by atoms with Gasteiger partial charge >= 0.3 is 0 Å². The van der Waals surface area contributed by atoms with Crippen molar-refractivity contribution in [1.29, 1.82) is 0 Å². The van der Waals surface area contributed by atoms with Gasteiger partial charge in [-0.25, -0.2) is 0 Å². The standard InChI is InChI=1S/C25H31N3O2/c1-3-9-21(26-25(30)23-13-8-7-10-20(23)2)14-15-24(29)28-18-16-27(17-19-28)22-11-5-4-6-12-22/h4-13H,3,14-19H2,1-2H3,(H,26,30)/b21-9+. The normalized spacial score (nSPS) is 14.5. The molecule has 1 heterocycles. The van der Waals surface area contributed by atoms with Gasteiger partial charge in [-0.15, -0.1) is 0 Å². The third-order valence-electron chi connectivity index (χ3n) is 5.48. The van der Waals surface area contributed by atoms with E-state index in [0.717, 1.165) is 43.9 Å². The van der Waals surface area contributed by atoms with Gasteiger partial charge in [0.2, 0.25) is 5.91 Å². The smallest absolute Gasteiger partial charge is 0.255 e. The SMILES string of the molecule is CC/C=C(\CCC(=O)N1CCN(c2ccccc2)CC1)NC(=O)c1ccccc1C. The Labute approximate surface area is 179 Å². The highest BCUT2D eigenvalue weighted by Gasteiger charge is 2.21. The molecule has 0 saturated carbocycles. The van der Waals surface area contributed by atoms with Gasteiger partial charge in [0, 0.05) is 49.5 Å². The lowest BCUT2D eigenvalue weighted by molar-refractivity contribution is -0.131. The van der Waals surface area contributed by atoms with Gasteiger partial charge in [-0.1, -0.05) is 49.4 Å². The Bertz CT molecular complexity index is 884. The predicted octanol–water partition coefficient (Wildman–Crippen LogP) is 4.15. The highest BCUT2D eigenvalue weighted by molar-refractivity contribution is 5.96. The average molecular weight is 406 g/mol. The Hall–Kier alpha value is -3.08. The first-order valence-electron chi connectivity index (χ1n) is 10.7. The zero-order valence-corrected chi connectivity index (χ0v) is 17.9. The van der Waals surface area contributed by atoms with Crippen LogP contribution in [0.5, 0.6) is 0 Å². The second kappa shape index (κ2) is 10.6. The number of para-hydroxylation sites is 1. The molecule has 0 bridgehead atoms. The number of anilines is 1. The van der Waals surface area contributed by atoms with Crippen LogP contribution < -0.4 is 10.2 Å². The summed E-state index contributed by atoms with van der Waals surface area (Å²) in [6.45, 7) is 7.11. The molecule has 1 fully saturated rings. The van der Waals surface area contributed by atoms with E-state index in [1.165, 1.54) is 5.69 Å². The molecule has 1 saturated heterocycles. The van der Waals surface area contributed by atoms with Crippen LogP contribution in [-0.4, -0.2) is 42.9 Å². The van der Waals surface area contributed by atoms with Crippen molar-refractivity contribution < 1.29 is 9.59 Å². The Morgan fingerprint density at radius 2 is 1.60 bits per heavy atom. The minimum absolute atomic E-state index is 0.114. The maximum absolute atomic E-state index is 12.7. The fraction of sp³-hybridized carbons (Fsp3) is 0.360. The monoisotopic (exact) mass is 405 g/mol. The summed E-state index contributed by atoms with van der Waals surface area (Å²) < 4.78 is 0. The molecule has 1 N–H and O–H groups in total. The summed E-state index contributed by atoms with van der Waals surface area (Å²) in [5, 5.41) is 3.01. The zero-order valence-electron chi connectivity index (χ0n) is 17.9. The van der Waals surface area contributed by atoms with Crippen molar-refractivity contribution in [2.45, 2.75) is 33.1 Å². The molecule has 1 aliphatic heterocycles. The van der Waals surface area contributed by atoms with E-state index in [1.54, 1.807) is 0 Å². The van der Waals surface area contributed by atoms with Crippen molar-refractivity contribution in [2.24, 2.45) is 0 Å². The van der Waals surface area contributed by atoms with Crippen molar-refractivity contribution in [1.82, 2.24) is 10.2 Å². The number of carbonyl (C=O) groups excluding carboxylic acids is 2. The summed E-state index contributed by atoms with van der Waals surface area (Å²) in [5.41, 5.74) is 3.64. The quantitative estimate of drug-likeness (QED) is 0.753. The lowest BCUT2D eigenvalue weighted by atomic mass is 10.1. The molecule has 2 aromatic carbocycles. The van der Waals surface area contributed by atoms with Crippen LogP contribution in [-0.2, 0) is 4.79 Å². The van der Waals surface area contributed by atoms with E-state index in [2.05, 4.69) is 22.3 Å². The van der Waals surface area contributed by atoms with Gasteiger partial charge in [0.1, 0.15) is 0 Å².